The van der Waals surface area contributed by atoms with Crippen molar-refractivity contribution < 1.29 is 0 Å². The van der Waals surface area contributed by atoms with E-state index in [0.717, 1.165) is 25.5 Å². The first-order valence-electron chi connectivity index (χ1n) is 9.39. The van der Waals surface area contributed by atoms with Gasteiger partial charge in [-0.1, -0.05) is 0 Å². The number of hydrogen-bond acceptors (Lipinski definition) is 6. The lowest BCUT2D eigenvalue weighted by Gasteiger charge is -2.33. The van der Waals surface area contributed by atoms with Crippen molar-refractivity contribution in [1.29, 1.82) is 0 Å². The molecule has 0 spiro atoms. The molecule has 4 rings (SSSR count). The molecule has 3 aromatic rings. The summed E-state index contributed by atoms with van der Waals surface area (Å²) in [7, 11) is 0. The van der Waals surface area contributed by atoms with Gasteiger partial charge in [-0.05, 0) is 67.1 Å². The molecule has 0 bridgehead atoms. The molecule has 0 amide bonds. The van der Waals surface area contributed by atoms with Crippen LogP contribution < -0.4 is 5.32 Å². The minimum Gasteiger partial charge on any atom is -0.324 e. The zero-order valence-electron chi connectivity index (χ0n) is 15.5. The van der Waals surface area contributed by atoms with Gasteiger partial charge in [-0.2, -0.15) is 0 Å². The van der Waals surface area contributed by atoms with Crippen LogP contribution in [0.25, 0.3) is 0 Å². The third-order valence-electron chi connectivity index (χ3n) is 5.12. The zero-order valence-corrected chi connectivity index (χ0v) is 15.5. The molecule has 0 aromatic carbocycles. The van der Waals surface area contributed by atoms with Gasteiger partial charge in [0.15, 0.2) is 0 Å². The summed E-state index contributed by atoms with van der Waals surface area (Å²) in [5.41, 5.74) is 3.95. The molecular weight excluding hydrogens is 336 g/mol. The third-order valence-corrected chi connectivity index (χ3v) is 5.12. The van der Waals surface area contributed by atoms with Gasteiger partial charge < -0.3 is 5.32 Å². The highest BCUT2D eigenvalue weighted by atomic mass is 15.1. The van der Waals surface area contributed by atoms with Crippen molar-refractivity contribution in [1.82, 2.24) is 24.8 Å². The van der Waals surface area contributed by atoms with Crippen LogP contribution in [0.2, 0.25) is 0 Å². The van der Waals surface area contributed by atoms with Crippen LogP contribution >= 0.6 is 0 Å². The first kappa shape index (κ1) is 17.5. The minimum atomic E-state index is 0.515. The molecule has 3 aromatic heterocycles. The summed E-state index contributed by atoms with van der Waals surface area (Å²) < 4.78 is 0. The quantitative estimate of drug-likeness (QED) is 0.748. The average Bonchev–Trinajstić information content (AvgIpc) is 2.71. The number of rotatable bonds is 5. The fourth-order valence-electron chi connectivity index (χ4n) is 3.64. The molecule has 1 atom stereocenters. The van der Waals surface area contributed by atoms with Gasteiger partial charge in [-0.25, -0.2) is 9.97 Å². The van der Waals surface area contributed by atoms with E-state index in [4.69, 9.17) is 0 Å². The first-order valence-corrected chi connectivity index (χ1v) is 9.39. The first-order chi connectivity index (χ1) is 13.3. The van der Waals surface area contributed by atoms with Gasteiger partial charge in [0.1, 0.15) is 11.6 Å². The number of anilines is 2. The Kier molecular flexibility index (Phi) is 5.34. The molecule has 1 N–H and O–H groups in total. The average molecular weight is 360 g/mol. The number of likely N-dealkylation sites (tertiary alicyclic amines) is 1. The normalized spacial score (nSPS) is 17.6. The van der Waals surface area contributed by atoms with Gasteiger partial charge >= 0.3 is 0 Å². The summed E-state index contributed by atoms with van der Waals surface area (Å²) >= 11 is 0. The number of nitrogens with one attached hydrogen (secondary N) is 1. The minimum absolute atomic E-state index is 0.515. The van der Waals surface area contributed by atoms with Crippen molar-refractivity contribution in [2.24, 2.45) is 0 Å². The highest BCUT2D eigenvalue weighted by molar-refractivity contribution is 5.51. The number of nitrogens with zero attached hydrogens (tertiary/aromatic N) is 5. The number of aromatic nitrogens is 4. The standard InChI is InChI=1S/C21H24N6/c1-16-4-6-22-12-19(16)15-27-10-2-3-18(14-27)17-5-7-24-20(11-17)26-21-13-23-8-9-25-21/h4-9,11-13,18H,2-3,10,14-15H2,1H3,(H,24,25,26)/t18-/m1/s1. The van der Waals surface area contributed by atoms with E-state index in [2.05, 4.69) is 55.3 Å². The van der Waals surface area contributed by atoms with Crippen molar-refractivity contribution in [3.63, 3.8) is 0 Å². The number of piperidine rings is 1. The highest BCUT2D eigenvalue weighted by Crippen LogP contribution is 2.29. The summed E-state index contributed by atoms with van der Waals surface area (Å²) in [4.78, 5) is 19.6. The number of hydrogen-bond donors (Lipinski definition) is 1. The van der Waals surface area contributed by atoms with Crippen molar-refractivity contribution in [2.75, 3.05) is 18.4 Å². The second-order valence-corrected chi connectivity index (χ2v) is 7.07. The van der Waals surface area contributed by atoms with E-state index in [1.807, 2.05) is 18.6 Å². The summed E-state index contributed by atoms with van der Waals surface area (Å²) in [6, 6.07) is 6.35. The largest absolute Gasteiger partial charge is 0.324 e. The van der Waals surface area contributed by atoms with Crippen LogP contribution in [0.3, 0.4) is 0 Å². The number of aryl methyl sites for hydroxylation is 1. The Morgan fingerprint density at radius 1 is 1.04 bits per heavy atom. The Labute approximate surface area is 159 Å². The summed E-state index contributed by atoms with van der Waals surface area (Å²) in [6.45, 7) is 5.32. The molecule has 0 aliphatic carbocycles. The zero-order chi connectivity index (χ0) is 18.5. The molecule has 27 heavy (non-hydrogen) atoms. The van der Waals surface area contributed by atoms with Crippen LogP contribution in [-0.2, 0) is 6.54 Å². The second-order valence-electron chi connectivity index (χ2n) is 7.07. The molecule has 0 saturated carbocycles. The molecule has 1 aliphatic heterocycles. The Morgan fingerprint density at radius 3 is 2.78 bits per heavy atom. The van der Waals surface area contributed by atoms with Crippen LogP contribution in [0.1, 0.15) is 35.4 Å². The van der Waals surface area contributed by atoms with E-state index in [9.17, 15) is 0 Å². The molecule has 1 saturated heterocycles. The molecule has 0 radical (unpaired) electrons. The topological polar surface area (TPSA) is 66.8 Å². The lowest BCUT2D eigenvalue weighted by molar-refractivity contribution is 0.199. The lowest BCUT2D eigenvalue weighted by Crippen LogP contribution is -2.34. The Morgan fingerprint density at radius 2 is 1.93 bits per heavy atom. The molecule has 1 fully saturated rings. The van der Waals surface area contributed by atoms with Gasteiger partial charge in [-0.15, -0.1) is 0 Å². The van der Waals surface area contributed by atoms with Crippen LogP contribution in [-0.4, -0.2) is 37.9 Å². The maximum absolute atomic E-state index is 4.43. The summed E-state index contributed by atoms with van der Waals surface area (Å²) in [6.07, 6.45) is 13.2. The van der Waals surface area contributed by atoms with Crippen molar-refractivity contribution in [3.05, 3.63) is 72.1 Å². The lowest BCUT2D eigenvalue weighted by atomic mass is 9.91. The van der Waals surface area contributed by atoms with E-state index in [-0.39, 0.29) is 0 Å². The summed E-state index contributed by atoms with van der Waals surface area (Å²) in [5, 5.41) is 3.24. The Bertz CT molecular complexity index is 883. The molecule has 0 unspecified atom stereocenters. The van der Waals surface area contributed by atoms with Crippen LogP contribution in [0.15, 0.2) is 55.4 Å². The maximum Gasteiger partial charge on any atom is 0.150 e. The second kappa shape index (κ2) is 8.22. The monoisotopic (exact) mass is 360 g/mol. The van der Waals surface area contributed by atoms with E-state index in [1.165, 1.54) is 29.5 Å². The smallest absolute Gasteiger partial charge is 0.150 e. The van der Waals surface area contributed by atoms with E-state index < -0.39 is 0 Å². The maximum atomic E-state index is 4.43. The fraction of sp³-hybridized carbons (Fsp3) is 0.333. The van der Waals surface area contributed by atoms with Crippen molar-refractivity contribution in [2.45, 2.75) is 32.2 Å². The summed E-state index contributed by atoms with van der Waals surface area (Å²) in [5.74, 6) is 2.04. The SMILES string of the molecule is Cc1ccncc1CN1CCC[C@@H](c2ccnc(Nc3cnccn3)c2)C1. The Hall–Kier alpha value is -2.86. The van der Waals surface area contributed by atoms with Gasteiger partial charge in [0.05, 0.1) is 6.20 Å². The molecule has 138 valence electrons. The van der Waals surface area contributed by atoms with Crippen molar-refractivity contribution >= 4 is 11.6 Å². The molecule has 6 heteroatoms. The third kappa shape index (κ3) is 4.46. The van der Waals surface area contributed by atoms with E-state index in [0.29, 0.717) is 11.7 Å². The van der Waals surface area contributed by atoms with Crippen LogP contribution in [0.4, 0.5) is 11.6 Å². The fourth-order valence-corrected chi connectivity index (χ4v) is 3.64. The Balaban J connectivity index is 1.45. The van der Waals surface area contributed by atoms with Crippen LogP contribution in [0.5, 0.6) is 0 Å². The van der Waals surface area contributed by atoms with Gasteiger partial charge in [-0.3, -0.25) is 14.9 Å². The van der Waals surface area contributed by atoms with Gasteiger partial charge in [0, 0.05) is 44.1 Å². The van der Waals surface area contributed by atoms with Crippen LogP contribution in [0, 0.1) is 6.92 Å². The number of pyridine rings is 2. The van der Waals surface area contributed by atoms with Gasteiger partial charge in [0.25, 0.3) is 0 Å². The molecule has 6 nitrogen and oxygen atoms in total. The van der Waals surface area contributed by atoms with E-state index >= 15 is 0 Å². The van der Waals surface area contributed by atoms with Gasteiger partial charge in [0.2, 0.25) is 0 Å². The van der Waals surface area contributed by atoms with Crippen molar-refractivity contribution in [3.8, 4) is 0 Å². The highest BCUT2D eigenvalue weighted by Gasteiger charge is 2.22. The molecular formula is C21H24N6. The van der Waals surface area contributed by atoms with E-state index in [1.54, 1.807) is 18.6 Å². The molecule has 4 heterocycles. The molecule has 1 aliphatic rings. The predicted octanol–water partition coefficient (Wildman–Crippen LogP) is 3.70. The predicted molar refractivity (Wildman–Crippen MR) is 106 cm³/mol.